The molecule has 0 bridgehead atoms. The Morgan fingerprint density at radius 1 is 0.778 bits per heavy atom. The summed E-state index contributed by atoms with van der Waals surface area (Å²) in [6.45, 7) is -0.742. The Morgan fingerprint density at radius 2 is 1.06 bits per heavy atom. The maximum atomic E-state index is 9.76. The quantitative estimate of drug-likeness (QED) is 0.202. The molecule has 0 aliphatic rings. The van der Waals surface area contributed by atoms with Crippen LogP contribution in [0.1, 0.15) is 0 Å². The van der Waals surface area contributed by atoms with Gasteiger partial charge >= 0.3 is 11.9 Å². The zero-order chi connectivity index (χ0) is 14.6. The molecule has 0 aromatic heterocycles. The molecule has 0 heterocycles. The molecule has 0 fully saturated rings. The third kappa shape index (κ3) is 24.1. The van der Waals surface area contributed by atoms with Crippen molar-refractivity contribution in [3.8, 4) is 0 Å². The number of nitrogens with one attached hydrogen (secondary N) is 2. The first-order chi connectivity index (χ1) is 8.25. The Kier molecular flexibility index (Phi) is 12.9. The molecule has 18 heavy (non-hydrogen) atoms. The van der Waals surface area contributed by atoms with E-state index in [-0.39, 0.29) is 26.2 Å². The number of aliphatic hydroxyl groups excluding tert-OH is 2. The molecular weight excluding hydrogens is 252 g/mol. The highest BCUT2D eigenvalue weighted by atomic mass is 16.5. The van der Waals surface area contributed by atoms with Crippen LogP contribution in [-0.4, -0.2) is 81.3 Å². The topological polar surface area (TPSA) is 180 Å². The normalized spacial score (nSPS) is 10.1. The van der Waals surface area contributed by atoms with Gasteiger partial charge in [-0.15, -0.1) is 0 Å². The molecule has 0 spiro atoms. The maximum Gasteiger partial charge on any atom is 0.317 e. The van der Waals surface area contributed by atoms with E-state index in [0.29, 0.717) is 0 Å². The van der Waals surface area contributed by atoms with Gasteiger partial charge < -0.3 is 41.3 Å². The van der Waals surface area contributed by atoms with E-state index in [2.05, 4.69) is 10.6 Å². The van der Waals surface area contributed by atoms with Gasteiger partial charge in [0.2, 0.25) is 0 Å². The minimum Gasteiger partial charge on any atom is -0.480 e. The van der Waals surface area contributed by atoms with Gasteiger partial charge in [-0.2, -0.15) is 0 Å². The van der Waals surface area contributed by atoms with Crippen LogP contribution in [0.3, 0.4) is 0 Å². The van der Waals surface area contributed by atoms with Crippen LogP contribution in [0.2, 0.25) is 0 Å². The van der Waals surface area contributed by atoms with E-state index in [1.54, 1.807) is 0 Å². The first kappa shape index (κ1) is 19.0. The van der Waals surface area contributed by atoms with Crippen LogP contribution in [0.4, 0.5) is 0 Å². The minimum atomic E-state index is -1.48. The Bertz CT molecular complexity index is 209. The predicted octanol–water partition coefficient (Wildman–Crippen LogP) is -4.06. The summed E-state index contributed by atoms with van der Waals surface area (Å²) in [6, 6.07) is 0. The summed E-state index contributed by atoms with van der Waals surface area (Å²) < 4.78 is 0. The van der Waals surface area contributed by atoms with E-state index >= 15 is 0 Å². The van der Waals surface area contributed by atoms with Crippen molar-refractivity contribution in [3.63, 3.8) is 0 Å². The average molecular weight is 270 g/mol. The number of hydrogen-bond donors (Lipinski definition) is 8. The number of aliphatic hydroxyl groups is 4. The number of carboxylic acids is 2. The number of carbonyl (C=O) groups is 2. The number of carboxylic acid groups (broad SMARTS) is 2. The SMILES string of the molecule is O=C(O)CNCC(O)O.O=C(O)CNCC(O)O. The summed E-state index contributed by atoms with van der Waals surface area (Å²) in [4.78, 5) is 19.5. The molecule has 10 nitrogen and oxygen atoms in total. The van der Waals surface area contributed by atoms with Gasteiger partial charge in [-0.3, -0.25) is 9.59 Å². The molecule has 0 rings (SSSR count). The van der Waals surface area contributed by atoms with Gasteiger partial charge in [0.15, 0.2) is 12.6 Å². The van der Waals surface area contributed by atoms with Crippen LogP contribution in [0.25, 0.3) is 0 Å². The van der Waals surface area contributed by atoms with Crippen LogP contribution in [-0.2, 0) is 9.59 Å². The molecule has 0 amide bonds. The molecule has 8 N–H and O–H groups in total. The smallest absolute Gasteiger partial charge is 0.317 e. The highest BCUT2D eigenvalue weighted by molar-refractivity contribution is 5.69. The van der Waals surface area contributed by atoms with Crippen molar-refractivity contribution < 1.29 is 40.2 Å². The Balaban J connectivity index is 0. The first-order valence-corrected chi connectivity index (χ1v) is 4.83. The van der Waals surface area contributed by atoms with E-state index in [9.17, 15) is 9.59 Å². The molecule has 108 valence electrons. The lowest BCUT2D eigenvalue weighted by Crippen LogP contribution is -2.30. The predicted molar refractivity (Wildman–Crippen MR) is 57.5 cm³/mol. The summed E-state index contributed by atoms with van der Waals surface area (Å²) in [5.41, 5.74) is 0. The highest BCUT2D eigenvalue weighted by Crippen LogP contribution is 1.69. The van der Waals surface area contributed by atoms with E-state index in [1.807, 2.05) is 0 Å². The minimum absolute atomic E-state index is 0.119. The fourth-order valence-corrected chi connectivity index (χ4v) is 0.616. The molecule has 0 saturated carbocycles. The summed E-state index contributed by atoms with van der Waals surface area (Å²) >= 11 is 0. The molecule has 0 aliphatic heterocycles. The van der Waals surface area contributed by atoms with E-state index in [4.69, 9.17) is 30.6 Å². The van der Waals surface area contributed by atoms with Crippen LogP contribution in [0.5, 0.6) is 0 Å². The lowest BCUT2D eigenvalue weighted by atomic mass is 10.6. The van der Waals surface area contributed by atoms with Gasteiger partial charge in [-0.05, 0) is 0 Å². The molecule has 0 aromatic rings. The molecule has 0 saturated heterocycles. The maximum absolute atomic E-state index is 9.76. The van der Waals surface area contributed by atoms with E-state index in [1.165, 1.54) is 0 Å². The van der Waals surface area contributed by atoms with E-state index in [0.717, 1.165) is 0 Å². The van der Waals surface area contributed by atoms with Gasteiger partial charge in [0.05, 0.1) is 13.1 Å². The van der Waals surface area contributed by atoms with Gasteiger partial charge in [0, 0.05) is 13.1 Å². The zero-order valence-corrected chi connectivity index (χ0v) is 9.48. The van der Waals surface area contributed by atoms with Gasteiger partial charge in [-0.25, -0.2) is 0 Å². The Labute approximate surface area is 102 Å². The van der Waals surface area contributed by atoms with Crippen molar-refractivity contribution in [2.24, 2.45) is 0 Å². The zero-order valence-electron chi connectivity index (χ0n) is 9.48. The van der Waals surface area contributed by atoms with Gasteiger partial charge in [0.1, 0.15) is 0 Å². The second-order valence-electron chi connectivity index (χ2n) is 3.01. The van der Waals surface area contributed by atoms with Crippen LogP contribution in [0, 0.1) is 0 Å². The molecule has 0 aromatic carbocycles. The number of rotatable bonds is 8. The van der Waals surface area contributed by atoms with E-state index < -0.39 is 24.5 Å². The van der Waals surface area contributed by atoms with Gasteiger partial charge in [-0.1, -0.05) is 0 Å². The second kappa shape index (κ2) is 12.2. The largest absolute Gasteiger partial charge is 0.480 e. The second-order valence-corrected chi connectivity index (χ2v) is 3.01. The van der Waals surface area contributed by atoms with Gasteiger partial charge in [0.25, 0.3) is 0 Å². The molecule has 0 aliphatic carbocycles. The van der Waals surface area contributed by atoms with Crippen LogP contribution < -0.4 is 10.6 Å². The Morgan fingerprint density at radius 3 is 1.22 bits per heavy atom. The van der Waals surface area contributed by atoms with Crippen molar-refractivity contribution in [1.29, 1.82) is 0 Å². The van der Waals surface area contributed by atoms with Crippen LogP contribution in [0.15, 0.2) is 0 Å². The lowest BCUT2D eigenvalue weighted by Gasteiger charge is -2.01. The lowest BCUT2D eigenvalue weighted by molar-refractivity contribution is -0.137. The van der Waals surface area contributed by atoms with Crippen molar-refractivity contribution in [2.75, 3.05) is 26.2 Å². The molecule has 0 atom stereocenters. The fourth-order valence-electron chi connectivity index (χ4n) is 0.616. The van der Waals surface area contributed by atoms with Crippen molar-refractivity contribution in [3.05, 3.63) is 0 Å². The average Bonchev–Trinajstić information content (AvgIpc) is 2.15. The standard InChI is InChI=1S/2C4H9NO4/c2*6-3(7)1-5-2-4(8)9/h2*3,5-7H,1-2H2,(H,8,9). The molecule has 10 heteroatoms. The summed E-state index contributed by atoms with van der Waals surface area (Å²) in [7, 11) is 0. The summed E-state index contributed by atoms with van der Waals surface area (Å²) in [5.74, 6) is -2.04. The highest BCUT2D eigenvalue weighted by Gasteiger charge is 1.98. The third-order valence-corrected chi connectivity index (χ3v) is 1.21. The number of hydrogen-bond acceptors (Lipinski definition) is 8. The van der Waals surface area contributed by atoms with Crippen LogP contribution >= 0.6 is 0 Å². The monoisotopic (exact) mass is 270 g/mol. The summed E-state index contributed by atoms with van der Waals surface area (Å²) in [5, 5.41) is 53.2. The molecule has 0 unspecified atom stereocenters. The van der Waals surface area contributed by atoms with Crippen molar-refractivity contribution >= 4 is 11.9 Å². The first-order valence-electron chi connectivity index (χ1n) is 4.83. The molecule has 0 radical (unpaired) electrons. The van der Waals surface area contributed by atoms with Crippen molar-refractivity contribution in [1.82, 2.24) is 10.6 Å². The third-order valence-electron chi connectivity index (χ3n) is 1.21. The molecular formula is C8H18N2O8. The number of aliphatic carboxylic acids is 2. The van der Waals surface area contributed by atoms with Crippen molar-refractivity contribution in [2.45, 2.75) is 12.6 Å². The summed E-state index contributed by atoms with van der Waals surface area (Å²) in [6.07, 6.45) is -2.96. The Hall–Kier alpha value is -1.30. The fraction of sp³-hybridized carbons (Fsp3) is 0.750.